The van der Waals surface area contributed by atoms with Gasteiger partial charge in [-0.15, -0.1) is 0 Å². The lowest BCUT2D eigenvalue weighted by atomic mass is 10.1. The number of rotatable bonds is 5. The Morgan fingerprint density at radius 2 is 2.27 bits per heavy atom. The Bertz CT molecular complexity index is 702. The minimum absolute atomic E-state index is 0.0115. The third-order valence-corrected chi connectivity index (χ3v) is 3.34. The molecule has 0 bridgehead atoms. The summed E-state index contributed by atoms with van der Waals surface area (Å²) >= 11 is 0.973. The number of carboxylic acids is 1. The highest BCUT2D eigenvalue weighted by molar-refractivity contribution is 8.18. The maximum atomic E-state index is 14.0. The molecule has 3 N–H and O–H groups in total. The number of hydrogen-bond acceptors (Lipinski definition) is 6. The Hall–Kier alpha value is -2.55. The third kappa shape index (κ3) is 3.55. The molecule has 116 valence electrons. The fraction of sp³-hybridized carbons (Fsp3) is 0.154. The van der Waals surface area contributed by atoms with Crippen molar-refractivity contribution < 1.29 is 28.6 Å². The molecule has 0 aromatic heterocycles. The first kappa shape index (κ1) is 15.8. The second kappa shape index (κ2) is 6.48. The number of carboxylic acid groups (broad SMARTS) is 1. The van der Waals surface area contributed by atoms with Crippen LogP contribution >= 0.6 is 11.8 Å². The van der Waals surface area contributed by atoms with Crippen LogP contribution in [-0.4, -0.2) is 35.9 Å². The molecule has 1 aliphatic heterocycles. The summed E-state index contributed by atoms with van der Waals surface area (Å²) in [7, 11) is 1.29. The van der Waals surface area contributed by atoms with E-state index in [2.05, 4.69) is 4.99 Å². The van der Waals surface area contributed by atoms with Crippen molar-refractivity contribution in [2.75, 3.05) is 13.7 Å². The lowest BCUT2D eigenvalue weighted by Gasteiger charge is -2.11. The predicted molar refractivity (Wildman–Crippen MR) is 78.3 cm³/mol. The summed E-state index contributed by atoms with van der Waals surface area (Å²) in [5.41, 5.74) is 5.76. The van der Waals surface area contributed by atoms with Crippen molar-refractivity contribution in [2.24, 2.45) is 10.7 Å². The first-order valence-electron chi connectivity index (χ1n) is 5.91. The smallest absolute Gasteiger partial charge is 0.341 e. The van der Waals surface area contributed by atoms with E-state index in [9.17, 15) is 14.0 Å². The minimum atomic E-state index is -1.24. The number of amides is 1. The van der Waals surface area contributed by atoms with Gasteiger partial charge in [-0.2, -0.15) is 4.99 Å². The van der Waals surface area contributed by atoms with Crippen LogP contribution in [0.1, 0.15) is 5.56 Å². The predicted octanol–water partition coefficient (Wildman–Crippen LogP) is 1.23. The summed E-state index contributed by atoms with van der Waals surface area (Å²) in [4.78, 5) is 25.8. The molecule has 0 unspecified atom stereocenters. The largest absolute Gasteiger partial charge is 0.493 e. The SMILES string of the molecule is COc1cc(/C=C2/SC(N)=NC2=O)cc(F)c1OCC(=O)O. The van der Waals surface area contributed by atoms with Gasteiger partial charge in [-0.1, -0.05) is 0 Å². The van der Waals surface area contributed by atoms with Crippen molar-refractivity contribution in [1.82, 2.24) is 0 Å². The monoisotopic (exact) mass is 326 g/mol. The van der Waals surface area contributed by atoms with Gasteiger partial charge in [0.25, 0.3) is 5.91 Å². The van der Waals surface area contributed by atoms with Gasteiger partial charge in [-0.3, -0.25) is 4.79 Å². The number of aliphatic carboxylic acids is 1. The zero-order valence-electron chi connectivity index (χ0n) is 11.3. The first-order chi connectivity index (χ1) is 10.4. The lowest BCUT2D eigenvalue weighted by Crippen LogP contribution is -2.11. The van der Waals surface area contributed by atoms with E-state index >= 15 is 0 Å². The molecule has 0 saturated heterocycles. The van der Waals surface area contributed by atoms with E-state index in [4.69, 9.17) is 20.3 Å². The fourth-order valence-electron chi connectivity index (χ4n) is 1.67. The van der Waals surface area contributed by atoms with Gasteiger partial charge in [0.05, 0.1) is 12.0 Å². The van der Waals surface area contributed by atoms with Crippen molar-refractivity contribution in [3.05, 3.63) is 28.4 Å². The van der Waals surface area contributed by atoms with E-state index in [1.165, 1.54) is 19.3 Å². The number of amidine groups is 1. The molecule has 0 radical (unpaired) electrons. The van der Waals surface area contributed by atoms with Crippen molar-refractivity contribution in [1.29, 1.82) is 0 Å². The van der Waals surface area contributed by atoms with Crippen LogP contribution in [0.5, 0.6) is 11.5 Å². The van der Waals surface area contributed by atoms with Crippen LogP contribution < -0.4 is 15.2 Å². The maximum Gasteiger partial charge on any atom is 0.341 e. The maximum absolute atomic E-state index is 14.0. The molecule has 22 heavy (non-hydrogen) atoms. The van der Waals surface area contributed by atoms with Crippen LogP contribution in [0.15, 0.2) is 22.0 Å². The number of thioether (sulfide) groups is 1. The van der Waals surface area contributed by atoms with Gasteiger partial charge in [0.2, 0.25) is 0 Å². The normalized spacial score (nSPS) is 15.8. The first-order valence-corrected chi connectivity index (χ1v) is 6.72. The number of ether oxygens (including phenoxy) is 2. The van der Waals surface area contributed by atoms with Crippen molar-refractivity contribution in [2.45, 2.75) is 0 Å². The number of nitrogens with zero attached hydrogens (tertiary/aromatic N) is 1. The summed E-state index contributed by atoms with van der Waals surface area (Å²) in [6, 6.07) is 2.50. The van der Waals surface area contributed by atoms with Crippen LogP contribution in [0.25, 0.3) is 6.08 Å². The average molecular weight is 326 g/mol. The number of carbonyl (C=O) groups is 2. The summed E-state index contributed by atoms with van der Waals surface area (Å²) in [5, 5.41) is 8.68. The topological polar surface area (TPSA) is 111 Å². The highest BCUT2D eigenvalue weighted by Gasteiger charge is 2.20. The molecular weight excluding hydrogens is 315 g/mol. The van der Waals surface area contributed by atoms with Crippen LogP contribution in [0, 0.1) is 5.82 Å². The molecule has 0 atom stereocenters. The molecule has 0 aliphatic carbocycles. The quantitative estimate of drug-likeness (QED) is 0.783. The molecule has 1 aliphatic rings. The lowest BCUT2D eigenvalue weighted by molar-refractivity contribution is -0.139. The van der Waals surface area contributed by atoms with Crippen LogP contribution in [0.4, 0.5) is 4.39 Å². The van der Waals surface area contributed by atoms with Crippen molar-refractivity contribution in [3.63, 3.8) is 0 Å². The van der Waals surface area contributed by atoms with Gasteiger partial charge in [-0.05, 0) is 35.5 Å². The highest BCUT2D eigenvalue weighted by Crippen LogP contribution is 2.34. The number of benzene rings is 1. The number of carbonyl (C=O) groups excluding carboxylic acids is 1. The molecule has 7 nitrogen and oxygen atoms in total. The van der Waals surface area contributed by atoms with E-state index in [-0.39, 0.29) is 21.6 Å². The Morgan fingerprint density at radius 1 is 1.55 bits per heavy atom. The number of methoxy groups -OCH3 is 1. The van der Waals surface area contributed by atoms with Gasteiger partial charge in [0.15, 0.2) is 29.1 Å². The van der Waals surface area contributed by atoms with E-state index in [0.29, 0.717) is 5.56 Å². The number of nitrogens with two attached hydrogens (primary N) is 1. The standard InChI is InChI=1S/C13H11FN2O5S/c1-20-8-3-6(4-9-12(19)16-13(15)22-9)2-7(14)11(8)21-5-10(17)18/h2-4H,5H2,1H3,(H,17,18)(H2,15,16,19)/b9-4+. The van der Waals surface area contributed by atoms with Gasteiger partial charge in [0, 0.05) is 0 Å². The Labute approximate surface area is 128 Å². The molecule has 1 heterocycles. The highest BCUT2D eigenvalue weighted by atomic mass is 32.2. The number of hydrogen-bond donors (Lipinski definition) is 2. The molecule has 1 aromatic rings. The average Bonchev–Trinajstić information content (AvgIpc) is 2.74. The van der Waals surface area contributed by atoms with E-state index in [1.807, 2.05) is 0 Å². The number of aliphatic imine (C=N–C) groups is 1. The molecule has 0 fully saturated rings. The Morgan fingerprint density at radius 3 is 2.82 bits per heavy atom. The van der Waals surface area contributed by atoms with E-state index < -0.39 is 24.3 Å². The van der Waals surface area contributed by atoms with Crippen LogP contribution in [0.2, 0.25) is 0 Å². The third-order valence-electron chi connectivity index (χ3n) is 2.53. The second-order valence-electron chi connectivity index (χ2n) is 4.08. The molecule has 0 saturated carbocycles. The summed E-state index contributed by atoms with van der Waals surface area (Å²) < 4.78 is 23.9. The molecule has 2 rings (SSSR count). The summed E-state index contributed by atoms with van der Waals surface area (Å²) in [6.45, 7) is -0.702. The van der Waals surface area contributed by atoms with Crippen molar-refractivity contribution in [3.8, 4) is 11.5 Å². The molecule has 1 aromatic carbocycles. The van der Waals surface area contributed by atoms with Gasteiger partial charge < -0.3 is 20.3 Å². The van der Waals surface area contributed by atoms with E-state index in [0.717, 1.165) is 17.8 Å². The summed E-state index contributed by atoms with van der Waals surface area (Å²) in [6.07, 6.45) is 1.41. The molecule has 9 heteroatoms. The summed E-state index contributed by atoms with van der Waals surface area (Å²) in [5.74, 6) is -2.86. The van der Waals surface area contributed by atoms with Gasteiger partial charge >= 0.3 is 5.97 Å². The van der Waals surface area contributed by atoms with Crippen molar-refractivity contribution >= 4 is 34.9 Å². The zero-order chi connectivity index (χ0) is 16.3. The van der Waals surface area contributed by atoms with E-state index in [1.54, 1.807) is 0 Å². The van der Waals surface area contributed by atoms with Crippen LogP contribution in [0.3, 0.4) is 0 Å². The van der Waals surface area contributed by atoms with Crippen LogP contribution in [-0.2, 0) is 9.59 Å². The fourth-order valence-corrected chi connectivity index (χ4v) is 2.36. The molecular formula is C13H11FN2O5S. The molecule has 0 spiro atoms. The zero-order valence-corrected chi connectivity index (χ0v) is 12.1. The molecule has 1 amide bonds. The Balaban J connectivity index is 2.32. The minimum Gasteiger partial charge on any atom is -0.493 e. The number of halogens is 1. The van der Waals surface area contributed by atoms with Gasteiger partial charge in [-0.25, -0.2) is 9.18 Å². The van der Waals surface area contributed by atoms with Gasteiger partial charge in [0.1, 0.15) is 0 Å². The Kier molecular flexibility index (Phi) is 4.66. The second-order valence-corrected chi connectivity index (χ2v) is 5.14.